The molecule has 0 spiro atoms. The molecule has 1 heterocycles. The summed E-state index contributed by atoms with van der Waals surface area (Å²) >= 11 is 0. The molecule has 1 saturated heterocycles. The summed E-state index contributed by atoms with van der Waals surface area (Å²) in [5, 5.41) is 12.5. The lowest BCUT2D eigenvalue weighted by Gasteiger charge is -2.34. The van der Waals surface area contributed by atoms with Crippen LogP contribution in [0.25, 0.3) is 0 Å². The predicted molar refractivity (Wildman–Crippen MR) is 120 cm³/mol. The zero-order valence-corrected chi connectivity index (χ0v) is 20.4. The molecule has 1 aliphatic heterocycles. The molecule has 0 radical (unpaired) electrons. The molecule has 1 amide bonds. The lowest BCUT2D eigenvalue weighted by Crippen LogP contribution is -2.47. The minimum Gasteiger partial charge on any atom is -0.326 e. The van der Waals surface area contributed by atoms with Crippen molar-refractivity contribution in [3.8, 4) is 6.07 Å². The number of hydrogen-bond acceptors (Lipinski definition) is 7. The number of sulfone groups is 2. The van der Waals surface area contributed by atoms with Gasteiger partial charge < -0.3 is 10.2 Å². The Bertz CT molecular complexity index is 1110. The number of nitriles is 1. The largest absolute Gasteiger partial charge is 0.326 e. The number of amides is 1. The zero-order chi connectivity index (χ0) is 23.7. The topological polar surface area (TPSA) is 124 Å². The highest BCUT2D eigenvalue weighted by atomic mass is 32.2. The van der Waals surface area contributed by atoms with Crippen LogP contribution in [0, 0.1) is 22.7 Å². The average molecular weight is 482 g/mol. The first-order valence-corrected chi connectivity index (χ1v) is 14.4. The van der Waals surface area contributed by atoms with Gasteiger partial charge in [-0.05, 0) is 61.3 Å². The molecule has 1 aromatic rings. The van der Waals surface area contributed by atoms with E-state index in [2.05, 4.69) is 11.4 Å². The maximum absolute atomic E-state index is 13.0. The molecular formula is C22H31N3O5S2. The molecule has 0 aromatic heterocycles. The van der Waals surface area contributed by atoms with E-state index in [1.165, 1.54) is 24.3 Å². The van der Waals surface area contributed by atoms with Gasteiger partial charge in [-0.3, -0.25) is 4.79 Å². The van der Waals surface area contributed by atoms with Crippen molar-refractivity contribution in [2.24, 2.45) is 11.3 Å². The third-order valence-corrected chi connectivity index (χ3v) is 9.97. The maximum atomic E-state index is 13.0. The maximum Gasteiger partial charge on any atom is 0.237 e. The second kappa shape index (κ2) is 9.12. The SMILES string of the molecule is CC1(C)[C@@H](CS(=O)(=O)c2ccc(S(C)(=O)=O)cc2)CC[C@H]1NCC(=O)N1CCC[C@H]1C#N. The predicted octanol–water partition coefficient (Wildman–Crippen LogP) is 1.77. The van der Waals surface area contributed by atoms with Crippen LogP contribution in [0.15, 0.2) is 34.1 Å². The van der Waals surface area contributed by atoms with Crippen LogP contribution in [0.3, 0.4) is 0 Å². The van der Waals surface area contributed by atoms with Crippen molar-refractivity contribution in [1.29, 1.82) is 5.26 Å². The highest BCUT2D eigenvalue weighted by Crippen LogP contribution is 2.44. The minimum absolute atomic E-state index is 0.0117. The fraction of sp³-hybridized carbons (Fsp3) is 0.636. The Morgan fingerprint density at radius 2 is 1.75 bits per heavy atom. The quantitative estimate of drug-likeness (QED) is 0.629. The van der Waals surface area contributed by atoms with Crippen LogP contribution in [0.2, 0.25) is 0 Å². The molecule has 10 heteroatoms. The molecule has 1 aromatic carbocycles. The molecule has 3 rings (SSSR count). The van der Waals surface area contributed by atoms with Gasteiger partial charge in [0.15, 0.2) is 19.7 Å². The van der Waals surface area contributed by atoms with Crippen LogP contribution in [0.1, 0.15) is 39.5 Å². The van der Waals surface area contributed by atoms with Crippen LogP contribution in [-0.2, 0) is 24.5 Å². The van der Waals surface area contributed by atoms with Crippen LogP contribution in [0.5, 0.6) is 0 Å². The first-order valence-electron chi connectivity index (χ1n) is 10.8. The number of benzene rings is 1. The highest BCUT2D eigenvalue weighted by Gasteiger charge is 2.45. The van der Waals surface area contributed by atoms with E-state index in [1.54, 1.807) is 4.90 Å². The molecule has 3 atom stereocenters. The van der Waals surface area contributed by atoms with Crippen LogP contribution >= 0.6 is 0 Å². The Kier molecular flexibility index (Phi) is 7.03. The second-order valence-electron chi connectivity index (χ2n) is 9.43. The molecule has 176 valence electrons. The number of likely N-dealkylation sites (tertiary alicyclic amines) is 1. The zero-order valence-electron chi connectivity index (χ0n) is 18.7. The van der Waals surface area contributed by atoms with E-state index in [9.17, 15) is 26.9 Å². The van der Waals surface area contributed by atoms with Crippen LogP contribution < -0.4 is 5.32 Å². The number of rotatable bonds is 7. The van der Waals surface area contributed by atoms with Gasteiger partial charge in [0, 0.05) is 18.8 Å². The Labute approximate surface area is 190 Å². The van der Waals surface area contributed by atoms with E-state index in [-0.39, 0.29) is 51.4 Å². The van der Waals surface area contributed by atoms with Crippen LogP contribution in [-0.4, -0.2) is 64.8 Å². The summed E-state index contributed by atoms with van der Waals surface area (Å²) < 4.78 is 49.2. The molecule has 1 N–H and O–H groups in total. The monoisotopic (exact) mass is 481 g/mol. The Morgan fingerprint density at radius 3 is 2.34 bits per heavy atom. The summed E-state index contributed by atoms with van der Waals surface area (Å²) in [6.07, 6.45) is 4.10. The second-order valence-corrected chi connectivity index (χ2v) is 13.5. The van der Waals surface area contributed by atoms with E-state index in [4.69, 9.17) is 0 Å². The number of nitrogens with zero attached hydrogens (tertiary/aromatic N) is 2. The molecule has 8 nitrogen and oxygen atoms in total. The van der Waals surface area contributed by atoms with Gasteiger partial charge in [0.25, 0.3) is 0 Å². The molecule has 1 saturated carbocycles. The van der Waals surface area contributed by atoms with E-state index >= 15 is 0 Å². The molecule has 1 aliphatic carbocycles. The van der Waals surface area contributed by atoms with Gasteiger partial charge in [0.2, 0.25) is 5.91 Å². The summed E-state index contributed by atoms with van der Waals surface area (Å²) in [6.45, 7) is 4.77. The first-order chi connectivity index (χ1) is 14.9. The van der Waals surface area contributed by atoms with Gasteiger partial charge in [0.05, 0.1) is 28.2 Å². The highest BCUT2D eigenvalue weighted by molar-refractivity contribution is 7.91. The summed E-state index contributed by atoms with van der Waals surface area (Å²) in [5.74, 6) is -0.229. The van der Waals surface area contributed by atoms with Crippen molar-refractivity contribution in [2.75, 3.05) is 25.1 Å². The Balaban J connectivity index is 1.63. The smallest absolute Gasteiger partial charge is 0.237 e. The number of carbonyl (C=O) groups excluding carboxylic acids is 1. The summed E-state index contributed by atoms with van der Waals surface area (Å²) in [6, 6.07) is 7.16. The van der Waals surface area contributed by atoms with Gasteiger partial charge >= 0.3 is 0 Å². The molecule has 0 unspecified atom stereocenters. The molecule has 2 aliphatic rings. The van der Waals surface area contributed by atoms with Gasteiger partial charge in [0.1, 0.15) is 6.04 Å². The molecule has 2 fully saturated rings. The number of nitrogens with one attached hydrogen (secondary N) is 1. The van der Waals surface area contributed by atoms with Gasteiger partial charge in [-0.2, -0.15) is 5.26 Å². The first kappa shape index (κ1) is 24.7. The fourth-order valence-electron chi connectivity index (χ4n) is 4.83. The van der Waals surface area contributed by atoms with E-state index in [0.29, 0.717) is 19.4 Å². The van der Waals surface area contributed by atoms with Crippen molar-refractivity contribution in [1.82, 2.24) is 10.2 Å². The normalized spacial score (nSPS) is 25.6. The lowest BCUT2D eigenvalue weighted by atomic mass is 9.80. The van der Waals surface area contributed by atoms with Crippen LogP contribution in [0.4, 0.5) is 0 Å². The Morgan fingerprint density at radius 1 is 1.12 bits per heavy atom. The van der Waals surface area contributed by atoms with Crippen molar-refractivity contribution in [2.45, 2.75) is 61.4 Å². The Hall–Kier alpha value is -1.96. The fourth-order valence-corrected chi connectivity index (χ4v) is 7.33. The molecule has 32 heavy (non-hydrogen) atoms. The summed E-state index contributed by atoms with van der Waals surface area (Å²) in [7, 11) is -6.98. The average Bonchev–Trinajstić information content (AvgIpc) is 3.30. The van der Waals surface area contributed by atoms with Crippen molar-refractivity contribution >= 4 is 25.6 Å². The molecule has 0 bridgehead atoms. The molecular weight excluding hydrogens is 450 g/mol. The summed E-state index contributed by atoms with van der Waals surface area (Å²) in [4.78, 5) is 14.4. The van der Waals surface area contributed by atoms with E-state index < -0.39 is 19.7 Å². The van der Waals surface area contributed by atoms with Gasteiger partial charge in [-0.15, -0.1) is 0 Å². The van der Waals surface area contributed by atoms with Gasteiger partial charge in [-0.25, -0.2) is 16.8 Å². The van der Waals surface area contributed by atoms with Crippen molar-refractivity contribution in [3.63, 3.8) is 0 Å². The standard InChI is InChI=1S/C22H31N3O5S2/c1-22(2)16(15-32(29,30)19-9-7-18(8-10-19)31(3,27)28)6-11-20(22)24-14-21(26)25-12-4-5-17(25)13-23/h7-10,16-17,20,24H,4-6,11-12,14-15H2,1-3H3/t16-,17+,20-/m1/s1. The third kappa shape index (κ3) is 5.16. The lowest BCUT2D eigenvalue weighted by molar-refractivity contribution is -0.130. The van der Waals surface area contributed by atoms with E-state index in [1.807, 2.05) is 13.8 Å². The van der Waals surface area contributed by atoms with Crippen molar-refractivity contribution < 1.29 is 21.6 Å². The number of carbonyl (C=O) groups is 1. The number of hydrogen-bond donors (Lipinski definition) is 1. The van der Waals surface area contributed by atoms with Gasteiger partial charge in [-0.1, -0.05) is 13.8 Å². The minimum atomic E-state index is -3.59. The van der Waals surface area contributed by atoms with E-state index in [0.717, 1.165) is 19.1 Å². The summed E-state index contributed by atoms with van der Waals surface area (Å²) in [5.41, 5.74) is -0.348. The third-order valence-electron chi connectivity index (χ3n) is 7.01. The van der Waals surface area contributed by atoms with Crippen molar-refractivity contribution in [3.05, 3.63) is 24.3 Å².